The molecule has 0 bridgehead atoms. The molecule has 26 heavy (non-hydrogen) atoms. The maximum Gasteiger partial charge on any atom is 0.241 e. The smallest absolute Gasteiger partial charge is 0.241 e. The van der Waals surface area contributed by atoms with Crippen LogP contribution in [0.1, 0.15) is 46.0 Å². The SMILES string of the molecule is CCOc1ccc(NC(=O)CCCCCN2C(=O)C(CC)SC2=S)cc1. The molecule has 0 aromatic heterocycles. The van der Waals surface area contributed by atoms with Gasteiger partial charge in [0.2, 0.25) is 11.8 Å². The Morgan fingerprint density at radius 3 is 2.58 bits per heavy atom. The third kappa shape index (κ3) is 5.99. The van der Waals surface area contributed by atoms with Crippen LogP contribution in [0.15, 0.2) is 24.3 Å². The van der Waals surface area contributed by atoms with Crippen molar-refractivity contribution in [2.45, 2.75) is 51.2 Å². The molecule has 1 unspecified atom stereocenters. The lowest BCUT2D eigenvalue weighted by Gasteiger charge is -2.15. The molecule has 1 fully saturated rings. The monoisotopic (exact) mass is 394 g/mol. The lowest BCUT2D eigenvalue weighted by Crippen LogP contribution is -2.32. The maximum absolute atomic E-state index is 12.1. The van der Waals surface area contributed by atoms with Crippen LogP contribution in [-0.4, -0.2) is 39.4 Å². The van der Waals surface area contributed by atoms with Crippen LogP contribution in [0.4, 0.5) is 5.69 Å². The molecule has 1 atom stereocenters. The van der Waals surface area contributed by atoms with Crippen LogP contribution >= 0.6 is 24.0 Å². The third-order valence-electron chi connectivity index (χ3n) is 4.11. The van der Waals surface area contributed by atoms with E-state index in [0.29, 0.717) is 23.9 Å². The summed E-state index contributed by atoms with van der Waals surface area (Å²) in [4.78, 5) is 25.8. The van der Waals surface area contributed by atoms with E-state index in [2.05, 4.69) is 5.32 Å². The quantitative estimate of drug-likeness (QED) is 0.475. The molecule has 2 rings (SSSR count). The van der Waals surface area contributed by atoms with Crippen molar-refractivity contribution in [3.8, 4) is 5.75 Å². The first-order chi connectivity index (χ1) is 12.5. The van der Waals surface area contributed by atoms with Gasteiger partial charge >= 0.3 is 0 Å². The number of unbranched alkanes of at least 4 members (excludes halogenated alkanes) is 2. The van der Waals surface area contributed by atoms with Crippen LogP contribution < -0.4 is 10.1 Å². The lowest BCUT2D eigenvalue weighted by molar-refractivity contribution is -0.126. The van der Waals surface area contributed by atoms with E-state index in [9.17, 15) is 9.59 Å². The van der Waals surface area contributed by atoms with Crippen molar-refractivity contribution in [1.29, 1.82) is 0 Å². The molecule has 0 spiro atoms. The number of hydrogen-bond donors (Lipinski definition) is 1. The lowest BCUT2D eigenvalue weighted by atomic mass is 10.1. The van der Waals surface area contributed by atoms with E-state index in [1.807, 2.05) is 38.1 Å². The number of thioether (sulfide) groups is 1. The van der Waals surface area contributed by atoms with Gasteiger partial charge in [-0.2, -0.15) is 0 Å². The number of benzene rings is 1. The molecular formula is C19H26N2O3S2. The van der Waals surface area contributed by atoms with Gasteiger partial charge in [0.1, 0.15) is 10.1 Å². The van der Waals surface area contributed by atoms with Crippen molar-refractivity contribution in [2.24, 2.45) is 0 Å². The first-order valence-corrected chi connectivity index (χ1v) is 10.4. The van der Waals surface area contributed by atoms with Crippen LogP contribution in [0.25, 0.3) is 0 Å². The number of anilines is 1. The van der Waals surface area contributed by atoms with Crippen molar-refractivity contribution in [3.63, 3.8) is 0 Å². The summed E-state index contributed by atoms with van der Waals surface area (Å²) >= 11 is 6.76. The zero-order valence-electron chi connectivity index (χ0n) is 15.3. The minimum absolute atomic E-state index is 0.00327. The standard InChI is InChI=1S/C19H26N2O3S2/c1-3-16-18(23)21(19(25)26-16)13-7-5-6-8-17(22)20-14-9-11-15(12-10-14)24-4-2/h9-12,16H,3-8,13H2,1-2H3,(H,20,22). The number of amides is 2. The molecule has 1 aromatic carbocycles. The van der Waals surface area contributed by atoms with Gasteiger partial charge in [-0.15, -0.1) is 0 Å². The summed E-state index contributed by atoms with van der Waals surface area (Å²) in [5.41, 5.74) is 0.772. The summed E-state index contributed by atoms with van der Waals surface area (Å²) in [7, 11) is 0. The molecule has 1 heterocycles. The van der Waals surface area contributed by atoms with Gasteiger partial charge in [0, 0.05) is 18.7 Å². The van der Waals surface area contributed by atoms with Crippen molar-refractivity contribution < 1.29 is 14.3 Å². The average Bonchev–Trinajstić information content (AvgIpc) is 2.90. The Bertz CT molecular complexity index is 634. The Hall–Kier alpha value is -1.60. The highest BCUT2D eigenvalue weighted by atomic mass is 32.2. The van der Waals surface area contributed by atoms with Crippen LogP contribution in [-0.2, 0) is 9.59 Å². The Morgan fingerprint density at radius 1 is 1.23 bits per heavy atom. The van der Waals surface area contributed by atoms with Crippen LogP contribution in [0, 0.1) is 0 Å². The summed E-state index contributed by atoms with van der Waals surface area (Å²) in [5, 5.41) is 2.88. The molecule has 0 aliphatic carbocycles. The molecule has 0 radical (unpaired) electrons. The fourth-order valence-corrected chi connectivity index (χ4v) is 4.19. The van der Waals surface area contributed by atoms with E-state index in [0.717, 1.165) is 37.1 Å². The van der Waals surface area contributed by atoms with Gasteiger partial charge in [-0.05, 0) is 50.5 Å². The van der Waals surface area contributed by atoms with Gasteiger partial charge in [0.25, 0.3) is 0 Å². The second-order valence-corrected chi connectivity index (χ2v) is 7.92. The first-order valence-electron chi connectivity index (χ1n) is 9.09. The fraction of sp³-hybridized carbons (Fsp3) is 0.526. The Kier molecular flexibility index (Phi) is 8.38. The van der Waals surface area contributed by atoms with Crippen molar-refractivity contribution in [1.82, 2.24) is 4.90 Å². The van der Waals surface area contributed by atoms with E-state index in [1.54, 1.807) is 4.90 Å². The highest BCUT2D eigenvalue weighted by Gasteiger charge is 2.34. The molecule has 1 aromatic rings. The minimum atomic E-state index is -0.0117. The second-order valence-electron chi connectivity index (χ2n) is 6.09. The van der Waals surface area contributed by atoms with Crippen molar-refractivity contribution >= 4 is 45.8 Å². The van der Waals surface area contributed by atoms with Crippen LogP contribution in [0.3, 0.4) is 0 Å². The maximum atomic E-state index is 12.1. The molecule has 5 nitrogen and oxygen atoms in total. The fourth-order valence-electron chi connectivity index (χ4n) is 2.72. The molecule has 142 valence electrons. The minimum Gasteiger partial charge on any atom is -0.494 e. The van der Waals surface area contributed by atoms with Crippen molar-refractivity contribution in [3.05, 3.63) is 24.3 Å². The van der Waals surface area contributed by atoms with Crippen LogP contribution in [0.2, 0.25) is 0 Å². The summed E-state index contributed by atoms with van der Waals surface area (Å²) in [6, 6.07) is 7.36. The summed E-state index contributed by atoms with van der Waals surface area (Å²) in [6.07, 6.45) is 3.83. The number of nitrogens with one attached hydrogen (secondary N) is 1. The van der Waals surface area contributed by atoms with E-state index < -0.39 is 0 Å². The Labute approximate surface area is 164 Å². The molecule has 1 aliphatic rings. The number of carbonyl (C=O) groups excluding carboxylic acids is 2. The predicted molar refractivity (Wildman–Crippen MR) is 111 cm³/mol. The first kappa shape index (κ1) is 20.7. The van der Waals surface area contributed by atoms with Crippen molar-refractivity contribution in [2.75, 3.05) is 18.5 Å². The molecule has 0 saturated carbocycles. The van der Waals surface area contributed by atoms with Crippen LogP contribution in [0.5, 0.6) is 5.75 Å². The topological polar surface area (TPSA) is 58.6 Å². The number of hydrogen-bond acceptors (Lipinski definition) is 5. The van der Waals surface area contributed by atoms with Gasteiger partial charge in [-0.1, -0.05) is 37.3 Å². The summed E-state index contributed by atoms with van der Waals surface area (Å²) in [6.45, 7) is 5.22. The Morgan fingerprint density at radius 2 is 1.96 bits per heavy atom. The highest BCUT2D eigenvalue weighted by Crippen LogP contribution is 2.29. The number of ether oxygens (including phenoxy) is 1. The normalized spacial score (nSPS) is 16.8. The average molecular weight is 395 g/mol. The Balaban J connectivity index is 1.63. The molecule has 1 saturated heterocycles. The molecule has 1 aliphatic heterocycles. The largest absolute Gasteiger partial charge is 0.494 e. The number of carbonyl (C=O) groups is 2. The van der Waals surface area contributed by atoms with E-state index in [1.165, 1.54) is 11.8 Å². The van der Waals surface area contributed by atoms with E-state index in [4.69, 9.17) is 17.0 Å². The molecular weight excluding hydrogens is 368 g/mol. The summed E-state index contributed by atoms with van der Waals surface area (Å²) in [5.74, 6) is 0.933. The molecule has 2 amide bonds. The summed E-state index contributed by atoms with van der Waals surface area (Å²) < 4.78 is 6.07. The molecule has 7 heteroatoms. The third-order valence-corrected chi connectivity index (χ3v) is 5.86. The second kappa shape index (κ2) is 10.5. The van der Waals surface area contributed by atoms with Gasteiger partial charge in [-0.3, -0.25) is 14.5 Å². The number of rotatable bonds is 10. The van der Waals surface area contributed by atoms with E-state index >= 15 is 0 Å². The predicted octanol–water partition coefficient (Wildman–Crippen LogP) is 4.22. The van der Waals surface area contributed by atoms with Gasteiger partial charge < -0.3 is 10.1 Å². The van der Waals surface area contributed by atoms with E-state index in [-0.39, 0.29) is 17.1 Å². The van der Waals surface area contributed by atoms with Gasteiger partial charge in [0.05, 0.1) is 11.9 Å². The molecule has 1 N–H and O–H groups in total. The zero-order valence-corrected chi connectivity index (χ0v) is 17.0. The number of nitrogens with zero attached hydrogens (tertiary/aromatic N) is 1. The van der Waals surface area contributed by atoms with Gasteiger partial charge in [0.15, 0.2) is 0 Å². The zero-order chi connectivity index (χ0) is 18.9. The van der Waals surface area contributed by atoms with Gasteiger partial charge in [-0.25, -0.2) is 0 Å². The number of thiocarbonyl (C=S) groups is 1. The highest BCUT2D eigenvalue weighted by molar-refractivity contribution is 8.24.